The van der Waals surface area contributed by atoms with Crippen LogP contribution in [0.1, 0.15) is 168 Å². The van der Waals surface area contributed by atoms with Gasteiger partial charge >= 0.3 is 27.6 Å². The van der Waals surface area contributed by atoms with Crippen molar-refractivity contribution in [3.63, 3.8) is 0 Å². The molecular weight excluding hydrogens is 798 g/mol. The second kappa shape index (κ2) is 39.9. The van der Waals surface area contributed by atoms with Crippen molar-refractivity contribution in [2.24, 2.45) is 0 Å². The molecule has 0 saturated heterocycles. The van der Waals surface area contributed by atoms with E-state index in [2.05, 4.69) is 71.5 Å². The third-order valence-corrected chi connectivity index (χ3v) is 10.3. The second-order valence-electron chi connectivity index (χ2n) is 14.6. The first-order chi connectivity index (χ1) is 28.4. The number of allylic oxidation sites excluding steroid dienone is 10. The molecule has 0 bridgehead atoms. The Morgan fingerprint density at radius 1 is 0.492 bits per heavy atom. The molecule has 0 saturated carbocycles. The highest BCUT2D eigenvalue weighted by atomic mass is 31.2. The maximum Gasteiger partial charge on any atom is 0.472 e. The number of rotatable bonds is 41. The molecule has 0 amide bonds. The van der Waals surface area contributed by atoms with Gasteiger partial charge in [-0.15, -0.1) is 0 Å². The zero-order chi connectivity index (χ0) is 43.7. The summed E-state index contributed by atoms with van der Waals surface area (Å²) in [5, 5.41) is 9.74. The Hall–Kier alpha value is -2.18. The van der Waals surface area contributed by atoms with Gasteiger partial charge in [-0.05, 0) is 77.0 Å². The second-order valence-corrected chi connectivity index (χ2v) is 17.3. The number of ether oxygens (including phenoxy) is 2. The molecule has 1 unspecified atom stereocenters. The molecule has 0 spiro atoms. The lowest BCUT2D eigenvalue weighted by Crippen LogP contribution is -2.29. The highest BCUT2D eigenvalue weighted by Gasteiger charge is 2.28. The van der Waals surface area contributed by atoms with Crippen molar-refractivity contribution in [3.8, 4) is 0 Å². The van der Waals surface area contributed by atoms with Crippen molar-refractivity contribution in [2.45, 2.75) is 180 Å². The molecule has 0 aliphatic rings. The summed E-state index contributed by atoms with van der Waals surface area (Å²) in [6.45, 7) is 1.65. The van der Waals surface area contributed by atoms with E-state index in [1.165, 1.54) is 64.2 Å². The van der Waals surface area contributed by atoms with E-state index in [0.29, 0.717) is 19.3 Å². The van der Waals surface area contributed by atoms with E-state index in [1.54, 1.807) is 0 Å². The van der Waals surface area contributed by atoms with Gasteiger partial charge in [-0.25, -0.2) is 9.13 Å². The lowest BCUT2D eigenvalue weighted by molar-refractivity contribution is -0.161. The van der Waals surface area contributed by atoms with Crippen LogP contribution in [-0.2, 0) is 41.8 Å². The van der Waals surface area contributed by atoms with E-state index < -0.39 is 66.2 Å². The first-order valence-corrected chi connectivity index (χ1v) is 25.0. The number of unbranched alkanes of at least 4 members (excludes halogenated alkanes) is 15. The van der Waals surface area contributed by atoms with Gasteiger partial charge in [0.1, 0.15) is 12.7 Å². The molecule has 15 heteroatoms. The molecular formula is C44H78O13P2. The minimum Gasteiger partial charge on any atom is -0.462 e. The average Bonchev–Trinajstić information content (AvgIpc) is 3.19. The van der Waals surface area contributed by atoms with Crippen molar-refractivity contribution in [3.05, 3.63) is 60.8 Å². The lowest BCUT2D eigenvalue weighted by Gasteiger charge is -2.20. The van der Waals surface area contributed by atoms with Crippen LogP contribution < -0.4 is 0 Å². The minimum absolute atomic E-state index is 0.0529. The number of phosphoric ester groups is 2. The Labute approximate surface area is 355 Å². The maximum atomic E-state index is 12.6. The molecule has 0 heterocycles. The summed E-state index contributed by atoms with van der Waals surface area (Å²) in [5.74, 6) is -1.10. The lowest BCUT2D eigenvalue weighted by atomic mass is 10.1. The standard InChI is InChI=1S/C44H78O13P2/c1-3-5-7-9-11-13-15-17-19-20-22-24-26-28-30-32-34-36-44(47)57-42(40-56-59(51,52)55-38-41(45)37-54-58(48,49)50)39-53-43(46)35-33-31-29-27-25-23-21-18-16-14-12-10-8-6-4-2/h11,13-14,16-17,19,22,24,28,30,41-42,45H,3-10,12,15,18,20-21,23,25-27,29,31-40H2,1-2H3,(H,51,52)(H2,48,49,50)/b13-11-,16-14-,19-17-,24-22-,30-28-/t41-,42+/m0/s1. The summed E-state index contributed by atoms with van der Waals surface area (Å²) in [7, 11) is -9.69. The molecule has 0 aliphatic carbocycles. The predicted molar refractivity (Wildman–Crippen MR) is 234 cm³/mol. The van der Waals surface area contributed by atoms with E-state index in [9.17, 15) is 28.7 Å². The van der Waals surface area contributed by atoms with Gasteiger partial charge < -0.3 is 29.3 Å². The summed E-state index contributed by atoms with van der Waals surface area (Å²) in [6.07, 6.45) is 42.2. The van der Waals surface area contributed by atoms with Gasteiger partial charge in [-0.2, -0.15) is 0 Å². The highest BCUT2D eigenvalue weighted by molar-refractivity contribution is 7.47. The Morgan fingerprint density at radius 2 is 0.898 bits per heavy atom. The molecule has 13 nitrogen and oxygen atoms in total. The van der Waals surface area contributed by atoms with E-state index in [4.69, 9.17) is 23.8 Å². The molecule has 0 fully saturated rings. The number of hydrogen-bond acceptors (Lipinski definition) is 10. The van der Waals surface area contributed by atoms with Crippen LogP contribution in [-0.4, -0.2) is 70.4 Å². The predicted octanol–water partition coefficient (Wildman–Crippen LogP) is 11.2. The molecule has 0 aliphatic heterocycles. The third kappa shape index (κ3) is 43.7. The van der Waals surface area contributed by atoms with Crippen LogP contribution in [0.2, 0.25) is 0 Å². The zero-order valence-corrected chi connectivity index (χ0v) is 37.9. The minimum atomic E-state index is -4.87. The SMILES string of the molecule is CCCCC/C=C\C/C=C\C/C=C\C/C=C\CCCC(=O)O[C@H](COC(=O)CCCCCCCCC/C=C\CCCCCC)COP(=O)(O)OC[C@@H](O)COP(=O)(O)O. The van der Waals surface area contributed by atoms with Gasteiger partial charge in [0.2, 0.25) is 0 Å². The molecule has 342 valence electrons. The van der Waals surface area contributed by atoms with Crippen LogP contribution in [0.5, 0.6) is 0 Å². The average molecular weight is 877 g/mol. The highest BCUT2D eigenvalue weighted by Crippen LogP contribution is 2.43. The fourth-order valence-corrected chi connectivity index (χ4v) is 6.67. The van der Waals surface area contributed by atoms with Gasteiger partial charge in [0.05, 0.1) is 19.8 Å². The van der Waals surface area contributed by atoms with E-state index in [-0.39, 0.29) is 12.8 Å². The van der Waals surface area contributed by atoms with Crippen LogP contribution in [0.25, 0.3) is 0 Å². The third-order valence-electron chi connectivity index (χ3n) is 8.87. The van der Waals surface area contributed by atoms with E-state index in [0.717, 1.165) is 57.8 Å². The summed E-state index contributed by atoms with van der Waals surface area (Å²) in [4.78, 5) is 52.7. The van der Waals surface area contributed by atoms with Crippen LogP contribution in [0.3, 0.4) is 0 Å². The zero-order valence-electron chi connectivity index (χ0n) is 36.1. The molecule has 0 radical (unpaired) electrons. The maximum absolute atomic E-state index is 12.6. The number of carbonyl (C=O) groups is 2. The summed E-state index contributed by atoms with van der Waals surface area (Å²) < 4.78 is 47.7. The first kappa shape index (κ1) is 56.8. The quantitative estimate of drug-likeness (QED) is 0.0196. The van der Waals surface area contributed by atoms with Crippen molar-refractivity contribution in [1.82, 2.24) is 0 Å². The fourth-order valence-electron chi connectivity index (χ4n) is 5.51. The fraction of sp³-hybridized carbons (Fsp3) is 0.727. The number of carbonyl (C=O) groups excluding carboxylic acids is 2. The normalized spacial score (nSPS) is 14.6. The largest absolute Gasteiger partial charge is 0.472 e. The number of hydrogen-bond donors (Lipinski definition) is 4. The van der Waals surface area contributed by atoms with Crippen molar-refractivity contribution < 1.29 is 61.6 Å². The van der Waals surface area contributed by atoms with Crippen molar-refractivity contribution in [2.75, 3.05) is 26.4 Å². The van der Waals surface area contributed by atoms with Crippen LogP contribution in [0.15, 0.2) is 60.8 Å². The number of phosphoric acid groups is 2. The molecule has 3 atom stereocenters. The Bertz CT molecular complexity index is 1280. The van der Waals surface area contributed by atoms with E-state index >= 15 is 0 Å². The molecule has 4 N–H and O–H groups in total. The van der Waals surface area contributed by atoms with Crippen molar-refractivity contribution in [1.29, 1.82) is 0 Å². The van der Waals surface area contributed by atoms with Gasteiger partial charge in [0.25, 0.3) is 0 Å². The Kier molecular flexibility index (Phi) is 38.5. The summed E-state index contributed by atoms with van der Waals surface area (Å²) >= 11 is 0. The smallest absolute Gasteiger partial charge is 0.462 e. The number of esters is 2. The topological polar surface area (TPSA) is 195 Å². The Morgan fingerprint density at radius 3 is 1.46 bits per heavy atom. The summed E-state index contributed by atoms with van der Waals surface area (Å²) in [6, 6.07) is 0. The number of aliphatic hydroxyl groups excluding tert-OH is 1. The molecule has 0 rings (SSSR count). The van der Waals surface area contributed by atoms with E-state index in [1.807, 2.05) is 12.2 Å². The molecule has 0 aromatic heterocycles. The van der Waals surface area contributed by atoms with Crippen LogP contribution in [0.4, 0.5) is 0 Å². The van der Waals surface area contributed by atoms with Crippen LogP contribution in [0, 0.1) is 0 Å². The molecule has 59 heavy (non-hydrogen) atoms. The summed E-state index contributed by atoms with van der Waals surface area (Å²) in [5.41, 5.74) is 0. The molecule has 0 aromatic rings. The van der Waals surface area contributed by atoms with Crippen molar-refractivity contribution >= 4 is 27.6 Å². The van der Waals surface area contributed by atoms with Gasteiger partial charge in [0.15, 0.2) is 6.10 Å². The number of aliphatic hydroxyl groups is 1. The van der Waals surface area contributed by atoms with Crippen LogP contribution >= 0.6 is 15.6 Å². The van der Waals surface area contributed by atoms with Gasteiger partial charge in [-0.3, -0.25) is 23.2 Å². The molecule has 0 aromatic carbocycles. The monoisotopic (exact) mass is 876 g/mol. The van der Waals surface area contributed by atoms with Gasteiger partial charge in [0, 0.05) is 12.8 Å². The first-order valence-electron chi connectivity index (χ1n) is 22.0. The Balaban J connectivity index is 4.62. The van der Waals surface area contributed by atoms with Gasteiger partial charge in [-0.1, -0.05) is 139 Å².